The summed E-state index contributed by atoms with van der Waals surface area (Å²) in [4.78, 5) is 12.6. The molecule has 1 atom stereocenters. The maximum atomic E-state index is 10.9. The highest BCUT2D eigenvalue weighted by Crippen LogP contribution is 2.46. The first-order chi connectivity index (χ1) is 24.1. The van der Waals surface area contributed by atoms with Gasteiger partial charge in [0.1, 0.15) is 45.9 Å². The van der Waals surface area contributed by atoms with E-state index in [1.165, 1.54) is 38.5 Å². The third-order valence-electron chi connectivity index (χ3n) is 6.97. The lowest BCUT2D eigenvalue weighted by Gasteiger charge is -2.36. The van der Waals surface area contributed by atoms with Crippen LogP contribution in [0.5, 0.6) is 11.5 Å². The molecule has 0 radical (unpaired) electrons. The Hall–Kier alpha value is -3.85. The number of nitro groups is 1. The van der Waals surface area contributed by atoms with Gasteiger partial charge in [-0.25, -0.2) is 4.67 Å². The van der Waals surface area contributed by atoms with Gasteiger partial charge in [0.05, 0.1) is 62.8 Å². The van der Waals surface area contributed by atoms with Crippen LogP contribution in [0.1, 0.15) is 34.1 Å². The fourth-order valence-corrected chi connectivity index (χ4v) is 6.45. The van der Waals surface area contributed by atoms with Crippen molar-refractivity contribution in [2.75, 3.05) is 52.0 Å². The van der Waals surface area contributed by atoms with Crippen molar-refractivity contribution in [3.8, 4) is 17.6 Å². The number of ether oxygens (including phenoxy) is 2. The van der Waals surface area contributed by atoms with E-state index in [9.17, 15) is 10.1 Å². The molecule has 3 aromatic carbocycles. The number of benzene rings is 3. The highest BCUT2D eigenvalue weighted by atomic mass is 127. The van der Waals surface area contributed by atoms with Gasteiger partial charge in [0.2, 0.25) is 0 Å². The molecule has 0 aliphatic carbocycles. The van der Waals surface area contributed by atoms with Crippen LogP contribution >= 0.6 is 31.5 Å². The molecule has 0 fully saturated rings. The Labute approximate surface area is 308 Å². The van der Waals surface area contributed by atoms with Crippen LogP contribution in [0.15, 0.2) is 81.1 Å². The summed E-state index contributed by atoms with van der Waals surface area (Å²) in [6, 6.07) is 19.2. The Bertz CT molecular complexity index is 1600. The Morgan fingerprint density at radius 3 is 1.78 bits per heavy atom. The first-order valence-electron chi connectivity index (χ1n) is 15.7. The minimum atomic E-state index is -1.34. The molecule has 268 valence electrons. The summed E-state index contributed by atoms with van der Waals surface area (Å²) >= 11 is 1.89. The van der Waals surface area contributed by atoms with E-state index in [2.05, 4.69) is 63.8 Å². The van der Waals surface area contributed by atoms with Crippen LogP contribution in [0.3, 0.4) is 0 Å². The Morgan fingerprint density at radius 2 is 1.32 bits per heavy atom. The number of nitro benzene ring substituents is 1. The smallest absolute Gasteiger partial charge is 0.269 e. The van der Waals surface area contributed by atoms with Crippen LogP contribution in [-0.4, -0.2) is 68.8 Å². The Kier molecular flexibility index (Phi) is 17.4. The molecule has 0 spiro atoms. The number of azo groups is 2. The molecular formula is C33H42IN8O7P. The van der Waals surface area contributed by atoms with Crippen molar-refractivity contribution in [3.63, 3.8) is 0 Å². The quantitative estimate of drug-likeness (QED) is 0.0252. The molecule has 0 aliphatic heterocycles. The summed E-state index contributed by atoms with van der Waals surface area (Å²) in [6.07, 6.45) is 0.304. The van der Waals surface area contributed by atoms with Gasteiger partial charge in [0.15, 0.2) is 0 Å². The van der Waals surface area contributed by atoms with Gasteiger partial charge in [-0.3, -0.25) is 10.1 Å². The van der Waals surface area contributed by atoms with Gasteiger partial charge in [-0.05, 0) is 64.1 Å². The lowest BCUT2D eigenvalue weighted by Crippen LogP contribution is -2.35. The van der Waals surface area contributed by atoms with E-state index in [1.54, 1.807) is 12.1 Å². The predicted molar refractivity (Wildman–Crippen MR) is 201 cm³/mol. The number of nitrogens with zero attached hydrogens (tertiary/aromatic N) is 8. The second-order valence-electron chi connectivity index (χ2n) is 11.1. The maximum Gasteiger partial charge on any atom is 0.269 e. The molecule has 0 amide bonds. The molecule has 1 unspecified atom stereocenters. The molecule has 50 heavy (non-hydrogen) atoms. The summed E-state index contributed by atoms with van der Waals surface area (Å²) in [5.41, 5.74) is 2.79. The third kappa shape index (κ3) is 12.5. The molecule has 15 nitrogen and oxygen atoms in total. The van der Waals surface area contributed by atoms with Gasteiger partial charge >= 0.3 is 0 Å². The first-order valence-corrected chi connectivity index (χ1v) is 17.8. The molecule has 3 rings (SSSR count). The van der Waals surface area contributed by atoms with E-state index in [0.717, 1.165) is 5.69 Å². The second kappa shape index (κ2) is 21.4. The zero-order valence-electron chi connectivity index (χ0n) is 28.9. The van der Waals surface area contributed by atoms with Crippen molar-refractivity contribution >= 4 is 65.7 Å². The molecule has 0 saturated heterocycles. The average Bonchev–Trinajstić information content (AvgIpc) is 3.11. The molecule has 17 heteroatoms. The molecule has 0 aliphatic rings. The number of methoxy groups -OCH3 is 2. The van der Waals surface area contributed by atoms with Crippen molar-refractivity contribution in [2.45, 2.75) is 46.2 Å². The molecule has 0 N–H and O–H groups in total. The van der Waals surface area contributed by atoms with Crippen LogP contribution < -0.4 is 14.4 Å². The van der Waals surface area contributed by atoms with Gasteiger partial charge in [-0.1, -0.05) is 0 Å². The van der Waals surface area contributed by atoms with E-state index >= 15 is 0 Å². The highest BCUT2D eigenvalue weighted by molar-refractivity contribution is 14.1. The van der Waals surface area contributed by atoms with Crippen LogP contribution in [0.2, 0.25) is 0 Å². The zero-order valence-corrected chi connectivity index (χ0v) is 32.0. The van der Waals surface area contributed by atoms with Gasteiger partial charge < -0.3 is 26.5 Å². The summed E-state index contributed by atoms with van der Waals surface area (Å²) in [5.74, 6) is 0.791. The lowest BCUT2D eigenvalue weighted by atomic mass is 10.2. The van der Waals surface area contributed by atoms with Gasteiger partial charge in [0.25, 0.3) is 14.2 Å². The molecule has 0 saturated carbocycles. The maximum absolute atomic E-state index is 10.9. The minimum Gasteiger partial charge on any atom is -0.494 e. The largest absolute Gasteiger partial charge is 0.494 e. The van der Waals surface area contributed by atoms with Crippen molar-refractivity contribution in [1.82, 2.24) is 4.67 Å². The molecule has 0 heterocycles. The van der Waals surface area contributed by atoms with E-state index in [1.807, 2.05) is 47.3 Å². The second-order valence-corrected chi connectivity index (χ2v) is 13.1. The number of hydrogen-bond donors (Lipinski definition) is 0. The van der Waals surface area contributed by atoms with Crippen molar-refractivity contribution in [2.24, 2.45) is 20.5 Å². The molecule has 0 bridgehead atoms. The fourth-order valence-electron chi connectivity index (χ4n) is 4.67. The van der Waals surface area contributed by atoms with Crippen molar-refractivity contribution in [3.05, 3.63) is 70.8 Å². The SMILES string of the molecule is COc1cc(/N=N/c2ccc([N+](=O)[O-])cc2)c(OC)cc1/N=N/c1ccc(N(CCOI)CCOP(OCCC#N)N(C(C)C)C(C)C)cc1. The number of anilines is 1. The molecular weight excluding hydrogens is 778 g/mol. The number of halogens is 1. The summed E-state index contributed by atoms with van der Waals surface area (Å²) in [6.45, 7) is 10.9. The zero-order chi connectivity index (χ0) is 36.5. The summed E-state index contributed by atoms with van der Waals surface area (Å²) in [5, 5.41) is 37.1. The van der Waals surface area contributed by atoms with Crippen molar-refractivity contribution < 1.29 is 26.5 Å². The van der Waals surface area contributed by atoms with Crippen LogP contribution in [0, 0.1) is 21.4 Å². The monoisotopic (exact) mass is 820 g/mol. The Balaban J connectivity index is 1.73. The fraction of sp³-hybridized carbons (Fsp3) is 0.424. The standard InChI is InChI=1S/C33H42IN8O7P/c1-24(2)41(25(3)4)50(48-19-7-16-35)49-21-18-40(17-20-47-34)28-12-8-26(9-13-28)36-38-30-22-33(46-6)31(23-32(30)45-5)39-37-27-10-14-29(15-11-27)42(43)44/h8-15,22-25H,7,17-21H2,1-6H3/b38-36+,39-37+. The van der Waals surface area contributed by atoms with Gasteiger partial charge in [-0.2, -0.15) is 15.5 Å². The van der Waals surface area contributed by atoms with Gasteiger partial charge in [-0.15, -0.1) is 10.2 Å². The minimum absolute atomic E-state index is 0.0367. The Morgan fingerprint density at radius 1 is 0.820 bits per heavy atom. The van der Waals surface area contributed by atoms with E-state index < -0.39 is 13.4 Å². The van der Waals surface area contributed by atoms with Crippen LogP contribution in [0.25, 0.3) is 0 Å². The van der Waals surface area contributed by atoms with Crippen molar-refractivity contribution in [1.29, 1.82) is 5.26 Å². The first kappa shape index (κ1) is 40.6. The van der Waals surface area contributed by atoms with E-state index in [4.69, 9.17) is 26.8 Å². The normalized spacial score (nSPS) is 12.3. The number of non-ortho nitro benzene ring substituents is 1. The predicted octanol–water partition coefficient (Wildman–Crippen LogP) is 9.91. The summed E-state index contributed by atoms with van der Waals surface area (Å²) in [7, 11) is 1.67. The van der Waals surface area contributed by atoms with Crippen LogP contribution in [-0.2, 0) is 12.1 Å². The van der Waals surface area contributed by atoms with E-state index in [0.29, 0.717) is 73.6 Å². The lowest BCUT2D eigenvalue weighted by molar-refractivity contribution is -0.384. The average molecular weight is 821 g/mol. The number of rotatable bonds is 21. The number of hydrogen-bond acceptors (Lipinski definition) is 14. The van der Waals surface area contributed by atoms with E-state index in [-0.39, 0.29) is 17.8 Å². The summed E-state index contributed by atoms with van der Waals surface area (Å²) < 4.78 is 30.9. The number of nitriles is 1. The third-order valence-corrected chi connectivity index (χ3v) is 9.51. The molecule has 0 aromatic heterocycles. The van der Waals surface area contributed by atoms with Gasteiger partial charge in [0, 0.05) is 55.1 Å². The van der Waals surface area contributed by atoms with Crippen LogP contribution in [0.4, 0.5) is 34.1 Å². The highest BCUT2D eigenvalue weighted by Gasteiger charge is 2.27. The topological polar surface area (TPSA) is 169 Å². The molecule has 3 aromatic rings.